The number of rotatable bonds is 6. The molecular formula is C28H29N3O2. The molecule has 2 heterocycles. The third-order valence-corrected chi connectivity index (χ3v) is 5.96. The number of aliphatic hydroxyl groups excluding tert-OH is 1. The molecule has 2 atom stereocenters. The Balaban J connectivity index is 1.70. The first kappa shape index (κ1) is 22.5. The van der Waals surface area contributed by atoms with E-state index in [0.717, 1.165) is 33.6 Å². The van der Waals surface area contributed by atoms with Gasteiger partial charge in [0.15, 0.2) is 0 Å². The lowest BCUT2D eigenvalue weighted by molar-refractivity contribution is 0.0939. The molecule has 0 spiro atoms. The summed E-state index contributed by atoms with van der Waals surface area (Å²) in [7, 11) is 1.90. The van der Waals surface area contributed by atoms with Crippen LogP contribution in [0.2, 0.25) is 0 Å². The standard InChI is InChI=1S/C28H29N3O2/c1-18-7-10-21(11-8-18)23-14-24(27(32)26-6-5-13-31(26)4)16-25(15-23)28(33)30-20(3)22-12-9-19(2)29-17-22/h5-17,20,27,32H,1-4H3,(H,30,33)/t20-,27?/m1/s1. The molecule has 2 N–H and O–H groups in total. The average molecular weight is 440 g/mol. The quantitative estimate of drug-likeness (QED) is 0.430. The topological polar surface area (TPSA) is 67.2 Å². The number of hydrogen-bond donors (Lipinski definition) is 2. The Bertz CT molecular complexity index is 1260. The SMILES string of the molecule is Cc1ccc(-c2cc(C(=O)N[C@H](C)c3ccc(C)nc3)cc(C(O)c3cccn3C)c2)cc1. The van der Waals surface area contributed by atoms with Gasteiger partial charge in [-0.15, -0.1) is 0 Å². The van der Waals surface area contributed by atoms with Gasteiger partial charge in [-0.1, -0.05) is 35.9 Å². The summed E-state index contributed by atoms with van der Waals surface area (Å²) in [6.07, 6.45) is 2.83. The van der Waals surface area contributed by atoms with Crippen LogP contribution >= 0.6 is 0 Å². The second kappa shape index (κ2) is 9.43. The molecule has 0 aliphatic rings. The molecule has 0 fully saturated rings. The molecule has 0 aliphatic carbocycles. The molecule has 5 nitrogen and oxygen atoms in total. The van der Waals surface area contributed by atoms with Crippen LogP contribution in [0.25, 0.3) is 11.1 Å². The first-order valence-electron chi connectivity index (χ1n) is 11.1. The Labute approximate surface area is 194 Å². The molecule has 5 heteroatoms. The van der Waals surface area contributed by atoms with Gasteiger partial charge in [0.25, 0.3) is 5.91 Å². The van der Waals surface area contributed by atoms with Crippen LogP contribution in [0.5, 0.6) is 0 Å². The third-order valence-electron chi connectivity index (χ3n) is 5.96. The number of carbonyl (C=O) groups excluding carboxylic acids is 1. The van der Waals surface area contributed by atoms with Crippen LogP contribution in [0.3, 0.4) is 0 Å². The van der Waals surface area contributed by atoms with E-state index in [-0.39, 0.29) is 11.9 Å². The number of aromatic nitrogens is 2. The zero-order chi connectivity index (χ0) is 23.5. The van der Waals surface area contributed by atoms with Crippen molar-refractivity contribution in [3.8, 4) is 11.1 Å². The van der Waals surface area contributed by atoms with Gasteiger partial charge in [0.05, 0.1) is 11.7 Å². The van der Waals surface area contributed by atoms with E-state index >= 15 is 0 Å². The van der Waals surface area contributed by atoms with Crippen LogP contribution in [-0.2, 0) is 7.05 Å². The Hall–Kier alpha value is -3.70. The van der Waals surface area contributed by atoms with E-state index < -0.39 is 6.10 Å². The first-order valence-corrected chi connectivity index (χ1v) is 11.1. The van der Waals surface area contributed by atoms with Gasteiger partial charge in [0, 0.05) is 30.7 Å². The lowest BCUT2D eigenvalue weighted by Crippen LogP contribution is -2.27. The number of aliphatic hydroxyl groups is 1. The fraction of sp³-hybridized carbons (Fsp3) is 0.214. The maximum absolute atomic E-state index is 13.2. The van der Waals surface area contributed by atoms with Gasteiger partial charge in [-0.3, -0.25) is 9.78 Å². The first-order chi connectivity index (χ1) is 15.8. The predicted octanol–water partition coefficient (Wildman–Crippen LogP) is 5.28. The maximum atomic E-state index is 13.2. The number of pyridine rings is 1. The number of amides is 1. The van der Waals surface area contributed by atoms with E-state index in [0.29, 0.717) is 11.1 Å². The van der Waals surface area contributed by atoms with Crippen molar-refractivity contribution < 1.29 is 9.90 Å². The van der Waals surface area contributed by atoms with Crippen LogP contribution < -0.4 is 5.32 Å². The molecule has 1 unspecified atom stereocenters. The van der Waals surface area contributed by atoms with Gasteiger partial charge in [0.1, 0.15) is 6.10 Å². The zero-order valence-electron chi connectivity index (χ0n) is 19.4. The maximum Gasteiger partial charge on any atom is 0.251 e. The van der Waals surface area contributed by atoms with Crippen molar-refractivity contribution in [2.75, 3.05) is 0 Å². The van der Waals surface area contributed by atoms with Crippen molar-refractivity contribution in [3.63, 3.8) is 0 Å². The fourth-order valence-electron chi connectivity index (χ4n) is 3.88. The number of nitrogens with zero attached hydrogens (tertiary/aromatic N) is 2. The summed E-state index contributed by atoms with van der Waals surface area (Å²) in [6.45, 7) is 5.91. The molecule has 2 aromatic carbocycles. The molecule has 2 aromatic heterocycles. The van der Waals surface area contributed by atoms with Crippen LogP contribution in [0.4, 0.5) is 0 Å². The van der Waals surface area contributed by atoms with Crippen molar-refractivity contribution in [2.24, 2.45) is 7.05 Å². The van der Waals surface area contributed by atoms with Gasteiger partial charge < -0.3 is 15.0 Å². The van der Waals surface area contributed by atoms with Crippen LogP contribution in [0.15, 0.2) is 79.1 Å². The van der Waals surface area contributed by atoms with Gasteiger partial charge in [-0.05, 0) is 79.4 Å². The molecule has 0 bridgehead atoms. The molecule has 0 radical (unpaired) electrons. The van der Waals surface area contributed by atoms with E-state index in [1.54, 1.807) is 12.3 Å². The smallest absolute Gasteiger partial charge is 0.251 e. The number of nitrogens with one attached hydrogen (secondary N) is 1. The van der Waals surface area contributed by atoms with Gasteiger partial charge in [-0.25, -0.2) is 0 Å². The van der Waals surface area contributed by atoms with E-state index in [4.69, 9.17) is 0 Å². The molecule has 168 valence electrons. The molecule has 0 aliphatic heterocycles. The summed E-state index contributed by atoms with van der Waals surface area (Å²) in [5.41, 5.74) is 6.85. The summed E-state index contributed by atoms with van der Waals surface area (Å²) in [5.74, 6) is -0.197. The van der Waals surface area contributed by atoms with Gasteiger partial charge >= 0.3 is 0 Å². The van der Waals surface area contributed by atoms with Crippen LogP contribution in [0.1, 0.15) is 57.5 Å². The Morgan fingerprint density at radius 2 is 1.73 bits per heavy atom. The fourth-order valence-corrected chi connectivity index (χ4v) is 3.88. The molecular weight excluding hydrogens is 410 g/mol. The van der Waals surface area contributed by atoms with Crippen molar-refractivity contribution in [3.05, 3.63) is 113 Å². The third kappa shape index (κ3) is 5.04. The Morgan fingerprint density at radius 1 is 0.970 bits per heavy atom. The van der Waals surface area contributed by atoms with Crippen molar-refractivity contribution in [1.82, 2.24) is 14.9 Å². The largest absolute Gasteiger partial charge is 0.382 e. The highest BCUT2D eigenvalue weighted by Crippen LogP contribution is 2.29. The molecule has 33 heavy (non-hydrogen) atoms. The summed E-state index contributed by atoms with van der Waals surface area (Å²) in [4.78, 5) is 17.6. The van der Waals surface area contributed by atoms with Gasteiger partial charge in [0.2, 0.25) is 0 Å². The van der Waals surface area contributed by atoms with Crippen molar-refractivity contribution in [1.29, 1.82) is 0 Å². The number of benzene rings is 2. The predicted molar refractivity (Wildman–Crippen MR) is 131 cm³/mol. The number of aryl methyl sites for hydroxylation is 3. The minimum absolute atomic E-state index is 0.197. The summed E-state index contributed by atoms with van der Waals surface area (Å²) >= 11 is 0. The molecule has 0 saturated carbocycles. The van der Waals surface area contributed by atoms with Crippen molar-refractivity contribution in [2.45, 2.75) is 32.9 Å². The minimum Gasteiger partial charge on any atom is -0.382 e. The summed E-state index contributed by atoms with van der Waals surface area (Å²) < 4.78 is 1.88. The molecule has 1 amide bonds. The highest BCUT2D eigenvalue weighted by Gasteiger charge is 2.19. The lowest BCUT2D eigenvalue weighted by atomic mass is 9.95. The van der Waals surface area contributed by atoms with Crippen LogP contribution in [0, 0.1) is 13.8 Å². The van der Waals surface area contributed by atoms with E-state index in [1.807, 2.05) is 99.2 Å². The van der Waals surface area contributed by atoms with Crippen molar-refractivity contribution >= 4 is 5.91 Å². The molecule has 4 rings (SSSR count). The number of hydrogen-bond acceptors (Lipinski definition) is 3. The minimum atomic E-state index is -0.847. The Kier molecular flexibility index (Phi) is 6.43. The number of carbonyl (C=O) groups is 1. The monoisotopic (exact) mass is 439 g/mol. The second-order valence-electron chi connectivity index (χ2n) is 8.58. The average Bonchev–Trinajstić information content (AvgIpc) is 3.24. The van der Waals surface area contributed by atoms with E-state index in [9.17, 15) is 9.90 Å². The Morgan fingerprint density at radius 3 is 2.36 bits per heavy atom. The highest BCUT2D eigenvalue weighted by atomic mass is 16.3. The summed E-state index contributed by atoms with van der Waals surface area (Å²) in [6, 6.07) is 21.2. The molecule has 4 aromatic rings. The lowest BCUT2D eigenvalue weighted by Gasteiger charge is -2.18. The van der Waals surface area contributed by atoms with E-state index in [1.165, 1.54) is 0 Å². The van der Waals surface area contributed by atoms with Gasteiger partial charge in [-0.2, -0.15) is 0 Å². The second-order valence-corrected chi connectivity index (χ2v) is 8.58. The molecule has 0 saturated heterocycles. The zero-order valence-corrected chi connectivity index (χ0v) is 19.4. The highest BCUT2D eigenvalue weighted by molar-refractivity contribution is 5.96. The normalized spacial score (nSPS) is 12.9. The van der Waals surface area contributed by atoms with Crippen LogP contribution in [-0.4, -0.2) is 20.6 Å². The van der Waals surface area contributed by atoms with E-state index in [2.05, 4.69) is 10.3 Å². The summed E-state index contributed by atoms with van der Waals surface area (Å²) in [5, 5.41) is 14.2.